The van der Waals surface area contributed by atoms with Crippen molar-refractivity contribution >= 4 is 15.9 Å². The summed E-state index contributed by atoms with van der Waals surface area (Å²) in [4.78, 5) is 25.6. The Balaban J connectivity index is 1.70. The standard InChI is InChI=1S/C26H22BrF3N4O3/c1-13-8-16(19(29)10-18(13)28)12-37-23-21(27)24(35)34(14(2)32-23)17-7-5-6-15(9-17)22-20(30)11-31-25(33-22)26(3,4)36/h5-11,36H,12H2,1-4H3. The van der Waals surface area contributed by atoms with Gasteiger partial charge in [0.1, 0.15) is 39.8 Å². The molecule has 1 N–H and O–H groups in total. The molecular weight excluding hydrogens is 553 g/mol. The highest BCUT2D eigenvalue weighted by Crippen LogP contribution is 2.27. The molecule has 37 heavy (non-hydrogen) atoms. The molecule has 0 aliphatic rings. The maximum absolute atomic E-state index is 14.6. The van der Waals surface area contributed by atoms with Crippen LogP contribution in [0.1, 0.15) is 36.6 Å². The smallest absolute Gasteiger partial charge is 0.276 e. The molecule has 4 aromatic rings. The van der Waals surface area contributed by atoms with Crippen LogP contribution < -0.4 is 10.3 Å². The molecular formula is C26H22BrF3N4O3. The van der Waals surface area contributed by atoms with Gasteiger partial charge in [0.15, 0.2) is 11.6 Å². The highest BCUT2D eigenvalue weighted by molar-refractivity contribution is 9.10. The molecule has 0 aliphatic carbocycles. The number of benzene rings is 2. The molecule has 0 amide bonds. The Bertz CT molecular complexity index is 1570. The fourth-order valence-corrected chi connectivity index (χ4v) is 3.99. The second-order valence-corrected chi connectivity index (χ2v) is 9.69. The van der Waals surface area contributed by atoms with Gasteiger partial charge in [-0.2, -0.15) is 4.98 Å². The third-order valence-electron chi connectivity index (χ3n) is 5.53. The molecule has 0 atom stereocenters. The molecule has 0 spiro atoms. The second kappa shape index (κ2) is 10.1. The first-order valence-electron chi connectivity index (χ1n) is 11.1. The van der Waals surface area contributed by atoms with Crippen LogP contribution in [0.5, 0.6) is 5.88 Å². The van der Waals surface area contributed by atoms with Gasteiger partial charge in [0.05, 0.1) is 11.9 Å². The van der Waals surface area contributed by atoms with Crippen molar-refractivity contribution in [2.75, 3.05) is 0 Å². The summed E-state index contributed by atoms with van der Waals surface area (Å²) >= 11 is 3.20. The summed E-state index contributed by atoms with van der Waals surface area (Å²) in [7, 11) is 0. The topological polar surface area (TPSA) is 90.1 Å². The zero-order valence-corrected chi connectivity index (χ0v) is 21.9. The van der Waals surface area contributed by atoms with Crippen LogP contribution in [-0.4, -0.2) is 24.6 Å². The number of hydrogen-bond acceptors (Lipinski definition) is 6. The Morgan fingerprint density at radius 2 is 1.78 bits per heavy atom. The lowest BCUT2D eigenvalue weighted by Gasteiger charge is -2.17. The fraction of sp³-hybridized carbons (Fsp3) is 0.231. The van der Waals surface area contributed by atoms with Gasteiger partial charge in [-0.3, -0.25) is 9.36 Å². The highest BCUT2D eigenvalue weighted by atomic mass is 79.9. The zero-order chi connectivity index (χ0) is 27.1. The van der Waals surface area contributed by atoms with Gasteiger partial charge in [-0.05, 0) is 67.4 Å². The van der Waals surface area contributed by atoms with Crippen LogP contribution in [0.3, 0.4) is 0 Å². The van der Waals surface area contributed by atoms with Gasteiger partial charge in [0, 0.05) is 17.2 Å². The number of rotatable bonds is 6. The minimum atomic E-state index is -1.38. The van der Waals surface area contributed by atoms with Crippen LogP contribution in [0.4, 0.5) is 13.2 Å². The molecule has 0 fully saturated rings. The molecule has 0 bridgehead atoms. The maximum Gasteiger partial charge on any atom is 0.276 e. The second-order valence-electron chi connectivity index (χ2n) is 8.90. The Labute approximate surface area is 218 Å². The predicted molar refractivity (Wildman–Crippen MR) is 134 cm³/mol. The van der Waals surface area contributed by atoms with Crippen LogP contribution in [-0.2, 0) is 12.2 Å². The number of hydrogen-bond donors (Lipinski definition) is 1. The van der Waals surface area contributed by atoms with Gasteiger partial charge < -0.3 is 9.84 Å². The summed E-state index contributed by atoms with van der Waals surface area (Å²) in [6.45, 7) is 5.79. The number of aromatic nitrogens is 4. The van der Waals surface area contributed by atoms with Crippen molar-refractivity contribution in [3.63, 3.8) is 0 Å². The van der Waals surface area contributed by atoms with Gasteiger partial charge >= 0.3 is 0 Å². The van der Waals surface area contributed by atoms with Crippen molar-refractivity contribution < 1.29 is 23.0 Å². The molecule has 192 valence electrons. The first kappa shape index (κ1) is 26.5. The molecule has 2 aromatic heterocycles. The molecule has 0 saturated carbocycles. The van der Waals surface area contributed by atoms with E-state index in [1.54, 1.807) is 31.2 Å². The third kappa shape index (κ3) is 5.42. The number of nitrogens with zero attached hydrogens (tertiary/aromatic N) is 4. The Kier molecular flexibility index (Phi) is 7.20. The van der Waals surface area contributed by atoms with E-state index in [4.69, 9.17) is 4.74 Å². The van der Waals surface area contributed by atoms with Gasteiger partial charge in [0.25, 0.3) is 5.56 Å². The summed E-state index contributed by atoms with van der Waals surface area (Å²) in [6.07, 6.45) is 0.982. The van der Waals surface area contributed by atoms with Gasteiger partial charge in [-0.1, -0.05) is 12.1 Å². The first-order valence-corrected chi connectivity index (χ1v) is 11.9. The third-order valence-corrected chi connectivity index (χ3v) is 6.21. The van der Waals surface area contributed by atoms with Crippen LogP contribution in [0.15, 0.2) is 51.9 Å². The molecule has 11 heteroatoms. The lowest BCUT2D eigenvalue weighted by atomic mass is 10.1. The number of ether oxygens (including phenoxy) is 1. The lowest BCUT2D eigenvalue weighted by Crippen LogP contribution is -2.24. The number of aryl methyl sites for hydroxylation is 2. The van der Waals surface area contributed by atoms with E-state index < -0.39 is 28.6 Å². The van der Waals surface area contributed by atoms with E-state index >= 15 is 0 Å². The minimum Gasteiger partial charge on any atom is -0.472 e. The minimum absolute atomic E-state index is 0.0136. The summed E-state index contributed by atoms with van der Waals surface area (Å²) < 4.78 is 49.1. The lowest BCUT2D eigenvalue weighted by molar-refractivity contribution is 0.0686. The van der Waals surface area contributed by atoms with E-state index in [9.17, 15) is 23.1 Å². The average molecular weight is 575 g/mol. The summed E-state index contributed by atoms with van der Waals surface area (Å²) in [5, 5.41) is 10.2. The van der Waals surface area contributed by atoms with Crippen LogP contribution in [0, 0.1) is 31.3 Å². The molecule has 0 saturated heterocycles. The van der Waals surface area contributed by atoms with Crippen molar-refractivity contribution in [2.45, 2.75) is 39.9 Å². The van der Waals surface area contributed by atoms with Crippen LogP contribution in [0.2, 0.25) is 0 Å². The zero-order valence-electron chi connectivity index (χ0n) is 20.3. The number of aliphatic hydroxyl groups is 1. The number of halogens is 4. The van der Waals surface area contributed by atoms with Gasteiger partial charge in [-0.25, -0.2) is 23.1 Å². The highest BCUT2D eigenvalue weighted by Gasteiger charge is 2.23. The summed E-state index contributed by atoms with van der Waals surface area (Å²) in [5.74, 6) is -1.91. The van der Waals surface area contributed by atoms with Crippen molar-refractivity contribution in [1.82, 2.24) is 19.5 Å². The van der Waals surface area contributed by atoms with E-state index in [0.717, 1.165) is 12.3 Å². The molecule has 0 radical (unpaired) electrons. The molecule has 7 nitrogen and oxygen atoms in total. The summed E-state index contributed by atoms with van der Waals surface area (Å²) in [6, 6.07) is 8.53. The van der Waals surface area contributed by atoms with E-state index in [-0.39, 0.29) is 45.4 Å². The fourth-order valence-electron chi connectivity index (χ4n) is 3.61. The first-order chi connectivity index (χ1) is 17.4. The van der Waals surface area contributed by atoms with Crippen molar-refractivity contribution in [3.05, 3.63) is 97.6 Å². The maximum atomic E-state index is 14.6. The normalized spacial score (nSPS) is 11.6. The van der Waals surface area contributed by atoms with Gasteiger partial charge in [0.2, 0.25) is 5.88 Å². The van der Waals surface area contributed by atoms with Crippen LogP contribution in [0.25, 0.3) is 16.9 Å². The van der Waals surface area contributed by atoms with Gasteiger partial charge in [-0.15, -0.1) is 0 Å². The Morgan fingerprint density at radius 1 is 1.05 bits per heavy atom. The molecule has 0 unspecified atom stereocenters. The Morgan fingerprint density at radius 3 is 2.49 bits per heavy atom. The average Bonchev–Trinajstić information content (AvgIpc) is 2.83. The molecule has 4 rings (SSSR count). The van der Waals surface area contributed by atoms with Crippen molar-refractivity contribution in [1.29, 1.82) is 0 Å². The van der Waals surface area contributed by atoms with Crippen molar-refractivity contribution in [2.24, 2.45) is 0 Å². The Hall–Kier alpha value is -3.57. The van der Waals surface area contributed by atoms with E-state index in [2.05, 4.69) is 30.9 Å². The summed E-state index contributed by atoms with van der Waals surface area (Å²) in [5.41, 5.74) is -0.837. The van der Waals surface area contributed by atoms with E-state index in [0.29, 0.717) is 11.3 Å². The van der Waals surface area contributed by atoms with E-state index in [1.807, 2.05) is 0 Å². The van der Waals surface area contributed by atoms with Crippen molar-refractivity contribution in [3.8, 4) is 22.8 Å². The van der Waals surface area contributed by atoms with E-state index in [1.165, 1.54) is 31.4 Å². The molecule has 2 aromatic carbocycles. The molecule has 0 aliphatic heterocycles. The SMILES string of the molecule is Cc1cc(COc2nc(C)n(-c3cccc(-c4nc(C(C)(C)O)ncc4F)c3)c(=O)c2Br)c(F)cc1F. The monoisotopic (exact) mass is 574 g/mol. The van der Waals surface area contributed by atoms with Crippen LogP contribution >= 0.6 is 15.9 Å². The largest absolute Gasteiger partial charge is 0.472 e. The predicted octanol–water partition coefficient (Wildman–Crippen LogP) is 5.29. The molecule has 2 heterocycles. The quantitative estimate of drug-likeness (QED) is 0.336.